The van der Waals surface area contributed by atoms with Gasteiger partial charge in [-0.15, -0.1) is 0 Å². The number of nitrogens with one attached hydrogen (secondary N) is 1. The molecule has 0 radical (unpaired) electrons. The molecule has 0 spiro atoms. The molecule has 0 aromatic carbocycles. The first kappa shape index (κ1) is 13.0. The van der Waals surface area contributed by atoms with Crippen LogP contribution in [0.2, 0.25) is 0 Å². The van der Waals surface area contributed by atoms with E-state index < -0.39 is 17.8 Å². The molecule has 0 aliphatic rings. The molecule has 1 N–H and O–H groups in total. The second-order valence-electron chi connectivity index (χ2n) is 3.14. The van der Waals surface area contributed by atoms with Crippen molar-refractivity contribution < 1.29 is 22.7 Å². The maximum absolute atomic E-state index is 12.3. The van der Waals surface area contributed by atoms with E-state index in [-0.39, 0.29) is 11.6 Å². The molecule has 0 atom stereocenters. The Labute approximate surface area is 95.1 Å². The van der Waals surface area contributed by atoms with Crippen molar-refractivity contribution in [2.45, 2.75) is 13.1 Å². The fraction of sp³-hybridized carbons (Fsp3) is 0.200. The highest BCUT2D eigenvalue weighted by molar-refractivity contribution is 5.84. The first-order chi connectivity index (χ1) is 7.79. The van der Waals surface area contributed by atoms with E-state index in [2.05, 4.69) is 21.6 Å². The summed E-state index contributed by atoms with van der Waals surface area (Å²) >= 11 is 0. The molecule has 1 amide bonds. The summed E-state index contributed by atoms with van der Waals surface area (Å²) in [6.07, 6.45) is -4.49. The first-order valence-corrected chi connectivity index (χ1v) is 4.46. The van der Waals surface area contributed by atoms with Gasteiger partial charge in [-0.1, -0.05) is 6.58 Å². The minimum absolute atomic E-state index is 0.120. The highest BCUT2D eigenvalue weighted by atomic mass is 19.4. The Bertz CT molecular complexity index is 443. The molecular weight excluding hydrogens is 237 g/mol. The smallest absolute Gasteiger partial charge is 0.416 e. The van der Waals surface area contributed by atoms with Crippen LogP contribution in [-0.2, 0) is 10.9 Å². The Balaban J connectivity index is 2.79. The van der Waals surface area contributed by atoms with Crippen molar-refractivity contribution in [2.75, 3.05) is 5.32 Å². The summed E-state index contributed by atoms with van der Waals surface area (Å²) < 4.78 is 41.5. The van der Waals surface area contributed by atoms with Crippen molar-refractivity contribution in [2.24, 2.45) is 0 Å². The number of pyridine rings is 1. The number of carbonyl (C=O) groups excluding carboxylic acids is 1. The number of hydrogen-bond acceptors (Lipinski definition) is 3. The van der Waals surface area contributed by atoms with E-state index in [0.717, 1.165) is 12.3 Å². The lowest BCUT2D eigenvalue weighted by molar-refractivity contribution is -0.137. The third-order valence-corrected chi connectivity index (χ3v) is 1.58. The van der Waals surface area contributed by atoms with Crippen LogP contribution in [0.15, 0.2) is 30.7 Å². The summed E-state index contributed by atoms with van der Waals surface area (Å²) in [5.41, 5.74) is -0.905. The van der Waals surface area contributed by atoms with Gasteiger partial charge in [-0.3, -0.25) is 5.32 Å². The van der Waals surface area contributed by atoms with Gasteiger partial charge >= 0.3 is 12.3 Å². The molecular formula is C10H9F3N2O2. The van der Waals surface area contributed by atoms with Crippen LogP contribution in [0.5, 0.6) is 0 Å². The molecule has 92 valence electrons. The van der Waals surface area contributed by atoms with E-state index in [4.69, 9.17) is 0 Å². The van der Waals surface area contributed by atoms with Crippen LogP contribution < -0.4 is 5.32 Å². The molecule has 0 fully saturated rings. The number of hydrogen-bond donors (Lipinski definition) is 1. The van der Waals surface area contributed by atoms with Gasteiger partial charge in [0.05, 0.1) is 11.3 Å². The average molecular weight is 246 g/mol. The van der Waals surface area contributed by atoms with Gasteiger partial charge in [0.1, 0.15) is 5.82 Å². The zero-order valence-electron chi connectivity index (χ0n) is 8.84. The highest BCUT2D eigenvalue weighted by Gasteiger charge is 2.30. The van der Waals surface area contributed by atoms with Crippen LogP contribution in [0.1, 0.15) is 12.5 Å². The van der Waals surface area contributed by atoms with E-state index in [9.17, 15) is 18.0 Å². The first-order valence-electron chi connectivity index (χ1n) is 4.46. The fourth-order valence-electron chi connectivity index (χ4n) is 0.964. The molecule has 17 heavy (non-hydrogen) atoms. The Morgan fingerprint density at radius 1 is 1.53 bits per heavy atom. The van der Waals surface area contributed by atoms with Crippen molar-refractivity contribution in [1.82, 2.24) is 4.98 Å². The Hall–Kier alpha value is -2.05. The number of alkyl halides is 3. The van der Waals surface area contributed by atoms with Crippen LogP contribution in [-0.4, -0.2) is 11.1 Å². The molecule has 0 aliphatic heterocycles. The summed E-state index contributed by atoms with van der Waals surface area (Å²) in [4.78, 5) is 14.6. The van der Waals surface area contributed by atoms with E-state index in [0.29, 0.717) is 6.07 Å². The predicted molar refractivity (Wildman–Crippen MR) is 54.2 cm³/mol. The van der Waals surface area contributed by atoms with Gasteiger partial charge in [0, 0.05) is 6.20 Å². The number of carbonyl (C=O) groups is 1. The van der Waals surface area contributed by atoms with Gasteiger partial charge in [-0.05, 0) is 19.1 Å². The average Bonchev–Trinajstić information content (AvgIpc) is 2.15. The summed E-state index contributed by atoms with van der Waals surface area (Å²) in [6, 6.07) is 1.51. The van der Waals surface area contributed by atoms with Crippen LogP contribution in [0.4, 0.5) is 23.8 Å². The molecule has 1 heterocycles. The van der Waals surface area contributed by atoms with Crippen molar-refractivity contribution in [3.05, 3.63) is 36.2 Å². The second-order valence-corrected chi connectivity index (χ2v) is 3.14. The third kappa shape index (κ3) is 4.13. The lowest BCUT2D eigenvalue weighted by atomic mass is 10.2. The lowest BCUT2D eigenvalue weighted by Gasteiger charge is -2.09. The lowest BCUT2D eigenvalue weighted by Crippen LogP contribution is -2.14. The van der Waals surface area contributed by atoms with Gasteiger partial charge < -0.3 is 4.74 Å². The van der Waals surface area contributed by atoms with Crippen molar-refractivity contribution in [3.63, 3.8) is 0 Å². The molecule has 0 unspecified atom stereocenters. The van der Waals surface area contributed by atoms with Gasteiger partial charge in [0.2, 0.25) is 0 Å². The number of rotatable bonds is 2. The van der Waals surface area contributed by atoms with Crippen LogP contribution >= 0.6 is 0 Å². The van der Waals surface area contributed by atoms with Gasteiger partial charge in [0.15, 0.2) is 0 Å². The van der Waals surface area contributed by atoms with E-state index in [1.54, 1.807) is 0 Å². The monoisotopic (exact) mass is 246 g/mol. The van der Waals surface area contributed by atoms with Crippen LogP contribution in [0.3, 0.4) is 0 Å². The molecule has 0 aliphatic carbocycles. The number of aromatic nitrogens is 1. The second kappa shape index (κ2) is 4.86. The topological polar surface area (TPSA) is 51.2 Å². The van der Waals surface area contributed by atoms with Gasteiger partial charge in [-0.25, -0.2) is 9.78 Å². The molecule has 1 aromatic rings. The molecule has 0 saturated heterocycles. The van der Waals surface area contributed by atoms with Gasteiger partial charge in [-0.2, -0.15) is 13.2 Å². The van der Waals surface area contributed by atoms with Crippen molar-refractivity contribution in [3.8, 4) is 0 Å². The number of anilines is 1. The molecule has 0 bridgehead atoms. The zero-order chi connectivity index (χ0) is 13.1. The molecule has 0 saturated carbocycles. The largest absolute Gasteiger partial charge is 0.417 e. The van der Waals surface area contributed by atoms with E-state index >= 15 is 0 Å². The summed E-state index contributed by atoms with van der Waals surface area (Å²) in [7, 11) is 0. The number of amides is 1. The predicted octanol–water partition coefficient (Wildman–Crippen LogP) is 3.18. The Morgan fingerprint density at radius 2 is 2.18 bits per heavy atom. The fourth-order valence-corrected chi connectivity index (χ4v) is 0.964. The minimum Gasteiger partial charge on any atom is -0.416 e. The van der Waals surface area contributed by atoms with Crippen LogP contribution in [0.25, 0.3) is 0 Å². The van der Waals surface area contributed by atoms with E-state index in [1.807, 2.05) is 0 Å². The SMILES string of the molecule is C=C(C)OC(=O)Nc1cc(C(F)(F)F)ccn1. The molecule has 4 nitrogen and oxygen atoms in total. The maximum Gasteiger partial charge on any atom is 0.417 e. The van der Waals surface area contributed by atoms with Crippen molar-refractivity contribution in [1.29, 1.82) is 0 Å². The minimum atomic E-state index is -4.49. The molecule has 7 heteroatoms. The maximum atomic E-state index is 12.3. The summed E-state index contributed by atoms with van der Waals surface area (Å²) in [5, 5.41) is 2.05. The molecule has 1 rings (SSSR count). The highest BCUT2D eigenvalue weighted by Crippen LogP contribution is 2.29. The molecule has 1 aromatic heterocycles. The quantitative estimate of drug-likeness (QED) is 0.815. The third-order valence-electron chi connectivity index (χ3n) is 1.58. The van der Waals surface area contributed by atoms with Gasteiger partial charge in [0.25, 0.3) is 0 Å². The van der Waals surface area contributed by atoms with Crippen molar-refractivity contribution >= 4 is 11.9 Å². The van der Waals surface area contributed by atoms with E-state index in [1.165, 1.54) is 6.92 Å². The number of nitrogens with zero attached hydrogens (tertiary/aromatic N) is 1. The summed E-state index contributed by atoms with van der Waals surface area (Å²) in [5.74, 6) is -0.124. The number of halogens is 3. The van der Waals surface area contributed by atoms with Crippen LogP contribution in [0, 0.1) is 0 Å². The number of allylic oxidation sites excluding steroid dienone is 1. The number of ether oxygens (including phenoxy) is 1. The zero-order valence-corrected chi connectivity index (χ0v) is 8.84. The standard InChI is InChI=1S/C10H9F3N2O2/c1-6(2)17-9(16)15-8-5-7(3-4-14-8)10(11,12)13/h3-5H,1H2,2H3,(H,14,15,16). The normalized spacial score (nSPS) is 10.8. The Kier molecular flexibility index (Phi) is 3.72. The Morgan fingerprint density at radius 3 is 2.71 bits per heavy atom. The summed E-state index contributed by atoms with van der Waals surface area (Å²) in [6.45, 7) is 4.74.